The third kappa shape index (κ3) is 5.07. The van der Waals surface area contributed by atoms with E-state index in [-0.39, 0.29) is 5.69 Å². The summed E-state index contributed by atoms with van der Waals surface area (Å²) in [6, 6.07) is 14.4. The van der Waals surface area contributed by atoms with Crippen molar-refractivity contribution in [1.82, 2.24) is 5.32 Å². The summed E-state index contributed by atoms with van der Waals surface area (Å²) in [6.45, 7) is -0.116. The Morgan fingerprint density at radius 3 is 2.43 bits per heavy atom. The Morgan fingerprint density at radius 1 is 1.13 bits per heavy atom. The average Bonchev–Trinajstić information content (AvgIpc) is 2.50. The van der Waals surface area contributed by atoms with Crippen LogP contribution in [-0.2, 0) is 21.4 Å². The number of nitrogens with zero attached hydrogens (tertiary/aromatic N) is 1. The molecule has 0 atom stereocenters. The van der Waals surface area contributed by atoms with Crippen LogP contribution in [0.3, 0.4) is 0 Å². The minimum absolute atomic E-state index is 0.113. The fourth-order valence-corrected chi connectivity index (χ4v) is 2.86. The number of carbonyl (C=O) groups is 1. The predicted octanol–water partition coefficient (Wildman–Crippen LogP) is 1.91. The molecule has 0 radical (unpaired) electrons. The monoisotopic (exact) mass is 336 g/mol. The van der Waals surface area contributed by atoms with E-state index in [1.54, 1.807) is 0 Å². The lowest BCUT2D eigenvalue weighted by Gasteiger charge is -2.21. The van der Waals surface area contributed by atoms with E-state index in [2.05, 4.69) is 5.32 Å². The molecule has 2 aromatic rings. The molecule has 23 heavy (non-hydrogen) atoms. The fourth-order valence-electron chi connectivity index (χ4n) is 2.01. The van der Waals surface area contributed by atoms with Crippen molar-refractivity contribution in [2.24, 2.45) is 0 Å². The molecule has 0 aliphatic heterocycles. The number of benzene rings is 2. The molecule has 2 rings (SSSR count). The molecule has 122 valence electrons. The second-order valence-corrected chi connectivity index (χ2v) is 6.92. The fraction of sp³-hybridized carbons (Fsp3) is 0.188. The molecular weight excluding hydrogens is 319 g/mol. The number of halogens is 1. The number of rotatable bonds is 6. The molecule has 0 saturated heterocycles. The zero-order valence-electron chi connectivity index (χ0n) is 12.6. The van der Waals surface area contributed by atoms with Gasteiger partial charge in [-0.3, -0.25) is 9.10 Å². The van der Waals surface area contributed by atoms with Crippen LogP contribution in [0.25, 0.3) is 0 Å². The van der Waals surface area contributed by atoms with Crippen LogP contribution in [0.4, 0.5) is 10.1 Å². The summed E-state index contributed by atoms with van der Waals surface area (Å²) in [6.07, 6.45) is 0.975. The Hall–Kier alpha value is -2.41. The van der Waals surface area contributed by atoms with Gasteiger partial charge >= 0.3 is 0 Å². The Morgan fingerprint density at radius 2 is 1.83 bits per heavy atom. The van der Waals surface area contributed by atoms with Gasteiger partial charge < -0.3 is 5.32 Å². The zero-order chi connectivity index (χ0) is 16.9. The maximum Gasteiger partial charge on any atom is 0.241 e. The Bertz CT molecular complexity index is 779. The summed E-state index contributed by atoms with van der Waals surface area (Å²) in [5, 5.41) is 2.65. The van der Waals surface area contributed by atoms with Crippen LogP contribution in [0, 0.1) is 5.82 Å². The second kappa shape index (κ2) is 7.23. The van der Waals surface area contributed by atoms with E-state index in [1.165, 1.54) is 18.2 Å². The van der Waals surface area contributed by atoms with Gasteiger partial charge in [0.15, 0.2) is 0 Å². The van der Waals surface area contributed by atoms with Gasteiger partial charge in [-0.1, -0.05) is 36.4 Å². The third-order valence-corrected chi connectivity index (χ3v) is 4.26. The minimum atomic E-state index is -3.71. The van der Waals surface area contributed by atoms with Crippen molar-refractivity contribution in [2.45, 2.75) is 6.54 Å². The van der Waals surface area contributed by atoms with E-state index >= 15 is 0 Å². The second-order valence-electron chi connectivity index (χ2n) is 5.01. The number of amides is 1. The number of anilines is 1. The molecule has 0 fully saturated rings. The van der Waals surface area contributed by atoms with Crippen LogP contribution in [0.15, 0.2) is 54.6 Å². The van der Waals surface area contributed by atoms with E-state index in [9.17, 15) is 17.6 Å². The third-order valence-electron chi connectivity index (χ3n) is 3.12. The van der Waals surface area contributed by atoms with Gasteiger partial charge in [-0.25, -0.2) is 12.8 Å². The van der Waals surface area contributed by atoms with Crippen LogP contribution in [-0.4, -0.2) is 27.1 Å². The zero-order valence-corrected chi connectivity index (χ0v) is 13.4. The van der Waals surface area contributed by atoms with E-state index in [4.69, 9.17) is 0 Å². The molecule has 0 bridgehead atoms. The molecule has 1 N–H and O–H groups in total. The number of sulfonamides is 1. The van der Waals surface area contributed by atoms with Gasteiger partial charge in [0.2, 0.25) is 15.9 Å². The summed E-state index contributed by atoms with van der Waals surface area (Å²) < 4.78 is 37.9. The topological polar surface area (TPSA) is 66.5 Å². The molecule has 7 heteroatoms. The summed E-state index contributed by atoms with van der Waals surface area (Å²) in [5.41, 5.74) is 1.01. The standard InChI is InChI=1S/C16H17FN2O3S/c1-23(21,22)19(15-9-5-8-14(17)10-15)12-16(20)18-11-13-6-3-2-4-7-13/h2-10H,11-12H2,1H3,(H,18,20). The molecular formula is C16H17FN2O3S. The number of carbonyl (C=O) groups excluding carboxylic acids is 1. The van der Waals surface area contributed by atoms with Gasteiger partial charge in [0.25, 0.3) is 0 Å². The quantitative estimate of drug-likeness (QED) is 0.876. The van der Waals surface area contributed by atoms with Crippen LogP contribution in [0.1, 0.15) is 5.56 Å². The number of nitrogens with one attached hydrogen (secondary N) is 1. The van der Waals surface area contributed by atoms with Crippen molar-refractivity contribution in [2.75, 3.05) is 17.1 Å². The molecule has 5 nitrogen and oxygen atoms in total. The SMILES string of the molecule is CS(=O)(=O)N(CC(=O)NCc1ccccc1)c1cccc(F)c1. The molecule has 0 saturated carbocycles. The molecule has 0 aliphatic carbocycles. The van der Waals surface area contributed by atoms with Crippen molar-refractivity contribution in [1.29, 1.82) is 0 Å². The normalized spacial score (nSPS) is 11.0. The van der Waals surface area contributed by atoms with Crippen LogP contribution in [0.2, 0.25) is 0 Å². The van der Waals surface area contributed by atoms with Gasteiger partial charge in [-0.2, -0.15) is 0 Å². The van der Waals surface area contributed by atoms with E-state index < -0.39 is 28.3 Å². The highest BCUT2D eigenvalue weighted by atomic mass is 32.2. The summed E-state index contributed by atoms with van der Waals surface area (Å²) in [5.74, 6) is -1.04. The highest BCUT2D eigenvalue weighted by molar-refractivity contribution is 7.92. The molecule has 0 spiro atoms. The molecule has 1 amide bonds. The molecule has 0 aromatic heterocycles. The van der Waals surface area contributed by atoms with Crippen molar-refractivity contribution >= 4 is 21.6 Å². The summed E-state index contributed by atoms with van der Waals surface area (Å²) >= 11 is 0. The predicted molar refractivity (Wildman–Crippen MR) is 86.9 cm³/mol. The van der Waals surface area contributed by atoms with Gasteiger partial charge in [0.05, 0.1) is 11.9 Å². The van der Waals surface area contributed by atoms with Crippen molar-refractivity contribution in [3.8, 4) is 0 Å². The van der Waals surface area contributed by atoms with E-state index in [0.717, 1.165) is 22.2 Å². The van der Waals surface area contributed by atoms with Crippen molar-refractivity contribution in [3.63, 3.8) is 0 Å². The first kappa shape index (κ1) is 17.0. The van der Waals surface area contributed by atoms with Gasteiger partial charge in [0, 0.05) is 6.54 Å². The van der Waals surface area contributed by atoms with Gasteiger partial charge in [-0.15, -0.1) is 0 Å². The van der Waals surface area contributed by atoms with Crippen LogP contribution in [0.5, 0.6) is 0 Å². The highest BCUT2D eigenvalue weighted by Crippen LogP contribution is 2.18. The molecule has 0 heterocycles. The first-order valence-electron chi connectivity index (χ1n) is 6.90. The van der Waals surface area contributed by atoms with Gasteiger partial charge in [-0.05, 0) is 23.8 Å². The number of hydrogen-bond donors (Lipinski definition) is 1. The first-order chi connectivity index (χ1) is 10.9. The van der Waals surface area contributed by atoms with Crippen LogP contribution < -0.4 is 9.62 Å². The lowest BCUT2D eigenvalue weighted by Crippen LogP contribution is -2.40. The van der Waals surface area contributed by atoms with E-state index in [0.29, 0.717) is 6.54 Å². The van der Waals surface area contributed by atoms with Crippen LogP contribution >= 0.6 is 0 Å². The average molecular weight is 336 g/mol. The molecule has 0 aliphatic rings. The Kier molecular flexibility index (Phi) is 5.33. The lowest BCUT2D eigenvalue weighted by molar-refractivity contribution is -0.119. The van der Waals surface area contributed by atoms with Crippen molar-refractivity contribution in [3.05, 3.63) is 66.0 Å². The smallest absolute Gasteiger partial charge is 0.241 e. The molecule has 0 unspecified atom stereocenters. The first-order valence-corrected chi connectivity index (χ1v) is 8.75. The number of hydrogen-bond acceptors (Lipinski definition) is 3. The summed E-state index contributed by atoms with van der Waals surface area (Å²) in [7, 11) is -3.71. The van der Waals surface area contributed by atoms with Crippen molar-refractivity contribution < 1.29 is 17.6 Å². The maximum absolute atomic E-state index is 13.3. The highest BCUT2D eigenvalue weighted by Gasteiger charge is 2.21. The van der Waals surface area contributed by atoms with Gasteiger partial charge in [0.1, 0.15) is 12.4 Å². The lowest BCUT2D eigenvalue weighted by atomic mass is 10.2. The Balaban J connectivity index is 2.08. The minimum Gasteiger partial charge on any atom is -0.350 e. The maximum atomic E-state index is 13.3. The Labute approximate surface area is 134 Å². The molecule has 2 aromatic carbocycles. The summed E-state index contributed by atoms with van der Waals surface area (Å²) in [4.78, 5) is 12.0. The largest absolute Gasteiger partial charge is 0.350 e. The van der Waals surface area contributed by atoms with E-state index in [1.807, 2.05) is 30.3 Å².